The van der Waals surface area contributed by atoms with Gasteiger partial charge in [0.1, 0.15) is 6.10 Å². The van der Waals surface area contributed by atoms with Crippen molar-refractivity contribution in [3.8, 4) is 0 Å². The number of hydrogen-bond donors (Lipinski definition) is 2. The highest BCUT2D eigenvalue weighted by molar-refractivity contribution is 4.59. The molecule has 0 radical (unpaired) electrons. The van der Waals surface area contributed by atoms with Crippen molar-refractivity contribution >= 4 is 0 Å². The second-order valence-corrected chi connectivity index (χ2v) is 13.2. The highest BCUT2D eigenvalue weighted by atomic mass is 16.6. The van der Waals surface area contributed by atoms with Crippen LogP contribution in [0.2, 0.25) is 0 Å². The van der Waals surface area contributed by atoms with E-state index in [0.29, 0.717) is 13.2 Å². The van der Waals surface area contributed by atoms with E-state index in [-0.39, 0.29) is 19.3 Å². The molecule has 0 aliphatic carbocycles. The number of aliphatic hydroxyl groups is 1. The predicted octanol–water partition coefficient (Wildman–Crippen LogP) is 10.7. The van der Waals surface area contributed by atoms with Crippen LogP contribution in [-0.4, -0.2) is 56.9 Å². The van der Waals surface area contributed by atoms with Crippen molar-refractivity contribution in [2.24, 2.45) is 5.73 Å². The third kappa shape index (κ3) is 36.1. The Kier molecular flexibility index (Phi) is 37.8. The Labute approximate surface area is 270 Å². The minimum absolute atomic E-state index is 0.0707. The lowest BCUT2D eigenvalue weighted by atomic mass is 10.0. The van der Waals surface area contributed by atoms with Crippen LogP contribution in [0.3, 0.4) is 0 Å². The molecule has 0 saturated carbocycles. The van der Waals surface area contributed by atoms with Crippen LogP contribution < -0.4 is 5.73 Å². The number of nitrogens with two attached hydrogens (primary N) is 1. The van der Waals surface area contributed by atoms with E-state index in [0.717, 1.165) is 26.1 Å². The zero-order valence-electron chi connectivity index (χ0n) is 29.4. The molecule has 0 amide bonds. The van der Waals surface area contributed by atoms with Gasteiger partial charge in [0, 0.05) is 19.8 Å². The first-order valence-electron chi connectivity index (χ1n) is 19.4. The zero-order chi connectivity index (χ0) is 31.3. The fraction of sp³-hybridized carbons (Fsp3) is 1.00. The molecule has 0 aliphatic heterocycles. The quantitative estimate of drug-likeness (QED) is 0.0678. The summed E-state index contributed by atoms with van der Waals surface area (Å²) in [5.74, 6) is 0. The first-order chi connectivity index (χ1) is 21.2. The SMILES string of the molecule is CCCCCCCCCCCCCCCCOCC(COCC(O)CN)OCCCCCCCCCCCCCCCC. The van der Waals surface area contributed by atoms with Crippen LogP contribution in [-0.2, 0) is 14.2 Å². The summed E-state index contributed by atoms with van der Waals surface area (Å²) in [6.07, 6.45) is 37.6. The van der Waals surface area contributed by atoms with Crippen molar-refractivity contribution in [2.75, 3.05) is 39.6 Å². The standard InChI is InChI=1S/C38H79NO4/c1-3-5-7-9-11-13-15-17-19-21-23-25-27-29-31-41-35-38(36-42-34-37(40)33-39)43-32-30-28-26-24-22-20-18-16-14-12-10-8-6-4-2/h37-38,40H,3-36,39H2,1-2H3. The molecule has 2 unspecified atom stereocenters. The van der Waals surface area contributed by atoms with Crippen molar-refractivity contribution in [3.05, 3.63) is 0 Å². The Bertz CT molecular complexity index is 493. The summed E-state index contributed by atoms with van der Waals surface area (Å²) >= 11 is 0. The summed E-state index contributed by atoms with van der Waals surface area (Å²) in [7, 11) is 0. The molecule has 260 valence electrons. The molecule has 0 fully saturated rings. The number of ether oxygens (including phenoxy) is 3. The third-order valence-electron chi connectivity index (χ3n) is 8.68. The van der Waals surface area contributed by atoms with Gasteiger partial charge in [-0.15, -0.1) is 0 Å². The van der Waals surface area contributed by atoms with E-state index in [2.05, 4.69) is 13.8 Å². The van der Waals surface area contributed by atoms with Crippen molar-refractivity contribution in [2.45, 2.75) is 206 Å². The van der Waals surface area contributed by atoms with Crippen LogP contribution in [0.25, 0.3) is 0 Å². The van der Waals surface area contributed by atoms with Crippen molar-refractivity contribution in [1.29, 1.82) is 0 Å². The molecule has 3 N–H and O–H groups in total. The molecule has 0 aromatic carbocycles. The van der Waals surface area contributed by atoms with E-state index >= 15 is 0 Å². The van der Waals surface area contributed by atoms with Gasteiger partial charge >= 0.3 is 0 Å². The second kappa shape index (κ2) is 38.0. The summed E-state index contributed by atoms with van der Waals surface area (Å²) in [6.45, 7) is 7.62. The molecule has 5 heteroatoms. The van der Waals surface area contributed by atoms with E-state index in [9.17, 15) is 5.11 Å². The lowest BCUT2D eigenvalue weighted by molar-refractivity contribution is -0.0720. The van der Waals surface area contributed by atoms with E-state index in [1.807, 2.05) is 0 Å². The third-order valence-corrected chi connectivity index (χ3v) is 8.68. The van der Waals surface area contributed by atoms with Gasteiger partial charge in [0.05, 0.1) is 25.9 Å². The summed E-state index contributed by atoms with van der Waals surface area (Å²) in [6, 6.07) is 0. The maximum atomic E-state index is 9.69. The Balaban J connectivity index is 3.69. The molecule has 0 spiro atoms. The molecule has 5 nitrogen and oxygen atoms in total. The van der Waals surface area contributed by atoms with Gasteiger partial charge in [-0.25, -0.2) is 0 Å². The number of hydrogen-bond acceptors (Lipinski definition) is 5. The number of rotatable bonds is 38. The van der Waals surface area contributed by atoms with Crippen LogP contribution in [0.15, 0.2) is 0 Å². The smallest absolute Gasteiger partial charge is 0.104 e. The molecule has 0 rings (SSSR count). The van der Waals surface area contributed by atoms with E-state index in [1.165, 1.54) is 167 Å². The van der Waals surface area contributed by atoms with Crippen LogP contribution in [0, 0.1) is 0 Å². The van der Waals surface area contributed by atoms with Gasteiger partial charge in [-0.3, -0.25) is 0 Å². The highest BCUT2D eigenvalue weighted by Crippen LogP contribution is 2.14. The predicted molar refractivity (Wildman–Crippen MR) is 187 cm³/mol. The van der Waals surface area contributed by atoms with E-state index in [4.69, 9.17) is 19.9 Å². The van der Waals surface area contributed by atoms with Crippen molar-refractivity contribution < 1.29 is 19.3 Å². The molecule has 0 heterocycles. The molecule has 0 bridgehead atoms. The number of unbranched alkanes of at least 4 members (excludes halogenated alkanes) is 26. The highest BCUT2D eigenvalue weighted by Gasteiger charge is 2.11. The Morgan fingerprint density at radius 1 is 0.419 bits per heavy atom. The Morgan fingerprint density at radius 3 is 1.12 bits per heavy atom. The molecule has 0 aromatic heterocycles. The normalized spacial score (nSPS) is 13.1. The van der Waals surface area contributed by atoms with Gasteiger partial charge in [-0.05, 0) is 12.8 Å². The maximum absolute atomic E-state index is 9.69. The number of aliphatic hydroxyl groups excluding tert-OH is 1. The Morgan fingerprint density at radius 2 is 0.744 bits per heavy atom. The first kappa shape index (κ1) is 42.8. The molecule has 0 aromatic rings. The average Bonchev–Trinajstić information content (AvgIpc) is 3.02. The molecule has 0 aliphatic rings. The largest absolute Gasteiger partial charge is 0.389 e. The maximum Gasteiger partial charge on any atom is 0.104 e. The van der Waals surface area contributed by atoms with Crippen LogP contribution in [0.5, 0.6) is 0 Å². The molecule has 0 saturated heterocycles. The average molecular weight is 614 g/mol. The summed E-state index contributed by atoms with van der Waals surface area (Å²) in [4.78, 5) is 0. The van der Waals surface area contributed by atoms with Gasteiger partial charge in [0.2, 0.25) is 0 Å². The summed E-state index contributed by atoms with van der Waals surface area (Å²) < 4.78 is 17.8. The fourth-order valence-corrected chi connectivity index (χ4v) is 5.71. The Hall–Kier alpha value is -0.200. The zero-order valence-corrected chi connectivity index (χ0v) is 29.4. The van der Waals surface area contributed by atoms with Gasteiger partial charge in [0.25, 0.3) is 0 Å². The lowest BCUT2D eigenvalue weighted by Crippen LogP contribution is -2.31. The van der Waals surface area contributed by atoms with Crippen LogP contribution >= 0.6 is 0 Å². The second-order valence-electron chi connectivity index (χ2n) is 13.2. The first-order valence-corrected chi connectivity index (χ1v) is 19.4. The van der Waals surface area contributed by atoms with Crippen molar-refractivity contribution in [1.82, 2.24) is 0 Å². The topological polar surface area (TPSA) is 73.9 Å². The van der Waals surface area contributed by atoms with Crippen molar-refractivity contribution in [3.63, 3.8) is 0 Å². The minimum atomic E-state index is -0.608. The molecular weight excluding hydrogens is 534 g/mol. The molecule has 43 heavy (non-hydrogen) atoms. The fourth-order valence-electron chi connectivity index (χ4n) is 5.71. The van der Waals surface area contributed by atoms with Crippen LogP contribution in [0.1, 0.15) is 194 Å². The van der Waals surface area contributed by atoms with E-state index in [1.54, 1.807) is 0 Å². The lowest BCUT2D eigenvalue weighted by Gasteiger charge is -2.19. The molecule has 2 atom stereocenters. The van der Waals surface area contributed by atoms with Gasteiger partial charge in [-0.1, -0.05) is 181 Å². The minimum Gasteiger partial charge on any atom is -0.389 e. The van der Waals surface area contributed by atoms with E-state index < -0.39 is 6.10 Å². The van der Waals surface area contributed by atoms with Crippen LogP contribution in [0.4, 0.5) is 0 Å². The monoisotopic (exact) mass is 614 g/mol. The van der Waals surface area contributed by atoms with Gasteiger partial charge in [-0.2, -0.15) is 0 Å². The summed E-state index contributed by atoms with van der Waals surface area (Å²) in [5.41, 5.74) is 5.50. The summed E-state index contributed by atoms with van der Waals surface area (Å²) in [5, 5.41) is 9.69. The van der Waals surface area contributed by atoms with Gasteiger partial charge in [0.15, 0.2) is 0 Å². The molecular formula is C38H79NO4. The van der Waals surface area contributed by atoms with Gasteiger partial charge < -0.3 is 25.1 Å².